The lowest BCUT2D eigenvalue weighted by atomic mass is 10.2. The van der Waals surface area contributed by atoms with Gasteiger partial charge < -0.3 is 9.84 Å². The zero-order chi connectivity index (χ0) is 12.3. The first-order valence-corrected chi connectivity index (χ1v) is 6.28. The molecule has 0 saturated carbocycles. The van der Waals surface area contributed by atoms with Gasteiger partial charge in [-0.1, -0.05) is 12.1 Å². The first-order chi connectivity index (χ1) is 8.19. The Kier molecular flexibility index (Phi) is 3.76. The SMILES string of the molecule is COc1cccc(-c2ncc(CC(C)O)s2)c1. The number of rotatable bonds is 4. The summed E-state index contributed by atoms with van der Waals surface area (Å²) in [6, 6.07) is 7.83. The van der Waals surface area contributed by atoms with Crippen molar-refractivity contribution in [3.63, 3.8) is 0 Å². The molecule has 2 aromatic rings. The van der Waals surface area contributed by atoms with Crippen LogP contribution in [0.2, 0.25) is 0 Å². The van der Waals surface area contributed by atoms with Crippen LogP contribution in [0.4, 0.5) is 0 Å². The third-order valence-electron chi connectivity index (χ3n) is 2.37. The van der Waals surface area contributed by atoms with Crippen molar-refractivity contribution in [2.75, 3.05) is 7.11 Å². The molecule has 0 spiro atoms. The maximum Gasteiger partial charge on any atom is 0.123 e. The average molecular weight is 249 g/mol. The van der Waals surface area contributed by atoms with Crippen LogP contribution in [-0.4, -0.2) is 23.3 Å². The molecule has 0 aliphatic heterocycles. The second kappa shape index (κ2) is 5.29. The fourth-order valence-electron chi connectivity index (χ4n) is 1.58. The summed E-state index contributed by atoms with van der Waals surface area (Å²) in [7, 11) is 1.65. The number of benzene rings is 1. The largest absolute Gasteiger partial charge is 0.497 e. The van der Waals surface area contributed by atoms with Gasteiger partial charge in [0.25, 0.3) is 0 Å². The molecular weight excluding hydrogens is 234 g/mol. The molecule has 3 nitrogen and oxygen atoms in total. The van der Waals surface area contributed by atoms with Gasteiger partial charge in [0.05, 0.1) is 13.2 Å². The second-order valence-electron chi connectivity index (χ2n) is 3.92. The summed E-state index contributed by atoms with van der Waals surface area (Å²) in [6.45, 7) is 1.78. The van der Waals surface area contributed by atoms with Gasteiger partial charge in [-0.05, 0) is 19.1 Å². The van der Waals surface area contributed by atoms with Crippen LogP contribution in [0.15, 0.2) is 30.5 Å². The Hall–Kier alpha value is -1.39. The van der Waals surface area contributed by atoms with Crippen LogP contribution in [0.25, 0.3) is 10.6 Å². The van der Waals surface area contributed by atoms with Gasteiger partial charge in [0.15, 0.2) is 0 Å². The summed E-state index contributed by atoms with van der Waals surface area (Å²) in [6.07, 6.45) is 2.15. The monoisotopic (exact) mass is 249 g/mol. The van der Waals surface area contributed by atoms with E-state index >= 15 is 0 Å². The normalized spacial score (nSPS) is 12.4. The molecule has 1 N–H and O–H groups in total. The molecule has 1 aromatic carbocycles. The van der Waals surface area contributed by atoms with Gasteiger partial charge in [-0.15, -0.1) is 11.3 Å². The van der Waals surface area contributed by atoms with Crippen LogP contribution in [0.1, 0.15) is 11.8 Å². The first kappa shape index (κ1) is 12.1. The average Bonchev–Trinajstić information content (AvgIpc) is 2.77. The van der Waals surface area contributed by atoms with Crippen molar-refractivity contribution in [3.8, 4) is 16.3 Å². The zero-order valence-electron chi connectivity index (χ0n) is 9.88. The minimum atomic E-state index is -0.325. The van der Waals surface area contributed by atoms with Crippen molar-refractivity contribution < 1.29 is 9.84 Å². The van der Waals surface area contributed by atoms with Crippen LogP contribution in [0.3, 0.4) is 0 Å². The molecule has 1 unspecified atom stereocenters. The molecule has 90 valence electrons. The van der Waals surface area contributed by atoms with Gasteiger partial charge >= 0.3 is 0 Å². The molecule has 0 bridgehead atoms. The summed E-state index contributed by atoms with van der Waals surface area (Å²) in [5.74, 6) is 0.828. The van der Waals surface area contributed by atoms with E-state index in [0.717, 1.165) is 21.2 Å². The van der Waals surface area contributed by atoms with E-state index in [0.29, 0.717) is 6.42 Å². The van der Waals surface area contributed by atoms with Gasteiger partial charge in [-0.25, -0.2) is 4.98 Å². The Balaban J connectivity index is 2.24. The quantitative estimate of drug-likeness (QED) is 0.906. The van der Waals surface area contributed by atoms with E-state index in [1.54, 1.807) is 25.4 Å². The van der Waals surface area contributed by atoms with Gasteiger partial charge in [0.1, 0.15) is 10.8 Å². The summed E-state index contributed by atoms with van der Waals surface area (Å²) in [5, 5.41) is 10.3. The number of methoxy groups -OCH3 is 1. The standard InChI is InChI=1S/C13H15NO2S/c1-9(15)6-12-8-14-13(17-12)10-4-3-5-11(7-10)16-2/h3-5,7-9,15H,6H2,1-2H3. The molecule has 0 fully saturated rings. The molecule has 1 atom stereocenters. The third kappa shape index (κ3) is 3.05. The predicted octanol–water partition coefficient (Wildman–Crippen LogP) is 2.74. The molecule has 0 saturated heterocycles. The molecule has 1 aromatic heterocycles. The van der Waals surface area contributed by atoms with Crippen molar-refractivity contribution in [3.05, 3.63) is 35.3 Å². The minimum Gasteiger partial charge on any atom is -0.497 e. The van der Waals surface area contributed by atoms with Crippen LogP contribution >= 0.6 is 11.3 Å². The smallest absolute Gasteiger partial charge is 0.123 e. The predicted molar refractivity (Wildman–Crippen MR) is 69.5 cm³/mol. The number of hydrogen-bond donors (Lipinski definition) is 1. The number of aliphatic hydroxyl groups excluding tert-OH is 1. The Morgan fingerprint density at radius 3 is 3.00 bits per heavy atom. The highest BCUT2D eigenvalue weighted by Crippen LogP contribution is 2.28. The fraction of sp³-hybridized carbons (Fsp3) is 0.308. The van der Waals surface area contributed by atoms with Gasteiger partial charge in [0, 0.05) is 23.1 Å². The topological polar surface area (TPSA) is 42.4 Å². The van der Waals surface area contributed by atoms with Crippen molar-refractivity contribution >= 4 is 11.3 Å². The van der Waals surface area contributed by atoms with Crippen LogP contribution < -0.4 is 4.74 Å². The summed E-state index contributed by atoms with van der Waals surface area (Å²) in [5.41, 5.74) is 1.05. The van der Waals surface area contributed by atoms with Crippen molar-refractivity contribution in [2.45, 2.75) is 19.4 Å². The van der Waals surface area contributed by atoms with Crippen LogP contribution in [0, 0.1) is 0 Å². The molecule has 2 rings (SSSR count). The highest BCUT2D eigenvalue weighted by Gasteiger charge is 2.07. The summed E-state index contributed by atoms with van der Waals surface area (Å²) >= 11 is 1.61. The third-order valence-corrected chi connectivity index (χ3v) is 3.44. The molecule has 0 amide bonds. The number of nitrogens with zero attached hydrogens (tertiary/aromatic N) is 1. The van der Waals surface area contributed by atoms with E-state index in [-0.39, 0.29) is 6.10 Å². The van der Waals surface area contributed by atoms with E-state index in [1.165, 1.54) is 0 Å². The lowest BCUT2D eigenvalue weighted by Gasteiger charge is -2.01. The van der Waals surface area contributed by atoms with Crippen molar-refractivity contribution in [2.24, 2.45) is 0 Å². The van der Waals surface area contributed by atoms with E-state index in [2.05, 4.69) is 4.98 Å². The number of hydrogen-bond acceptors (Lipinski definition) is 4. The van der Waals surface area contributed by atoms with Crippen molar-refractivity contribution in [1.29, 1.82) is 0 Å². The molecule has 17 heavy (non-hydrogen) atoms. The lowest BCUT2D eigenvalue weighted by Crippen LogP contribution is -2.01. The molecular formula is C13H15NO2S. The highest BCUT2D eigenvalue weighted by molar-refractivity contribution is 7.15. The van der Waals surface area contributed by atoms with E-state index < -0.39 is 0 Å². The van der Waals surface area contributed by atoms with Gasteiger partial charge in [0.2, 0.25) is 0 Å². The van der Waals surface area contributed by atoms with E-state index in [4.69, 9.17) is 4.74 Å². The van der Waals surface area contributed by atoms with Crippen LogP contribution in [-0.2, 0) is 6.42 Å². The first-order valence-electron chi connectivity index (χ1n) is 5.46. The van der Waals surface area contributed by atoms with Gasteiger partial charge in [-0.3, -0.25) is 0 Å². The Labute approximate surface area is 105 Å². The maximum atomic E-state index is 9.33. The lowest BCUT2D eigenvalue weighted by molar-refractivity contribution is 0.196. The second-order valence-corrected chi connectivity index (χ2v) is 5.03. The Morgan fingerprint density at radius 2 is 2.29 bits per heavy atom. The number of aliphatic hydroxyl groups is 1. The molecule has 0 aliphatic rings. The number of aromatic nitrogens is 1. The maximum absolute atomic E-state index is 9.33. The van der Waals surface area contributed by atoms with Crippen LogP contribution in [0.5, 0.6) is 5.75 Å². The number of ether oxygens (including phenoxy) is 1. The van der Waals surface area contributed by atoms with E-state index in [1.807, 2.05) is 30.5 Å². The Morgan fingerprint density at radius 1 is 1.47 bits per heavy atom. The summed E-state index contributed by atoms with van der Waals surface area (Å²) in [4.78, 5) is 5.46. The summed E-state index contributed by atoms with van der Waals surface area (Å²) < 4.78 is 5.18. The zero-order valence-corrected chi connectivity index (χ0v) is 10.7. The fourth-order valence-corrected chi connectivity index (χ4v) is 2.61. The van der Waals surface area contributed by atoms with Gasteiger partial charge in [-0.2, -0.15) is 0 Å². The highest BCUT2D eigenvalue weighted by atomic mass is 32.1. The van der Waals surface area contributed by atoms with Crippen molar-refractivity contribution in [1.82, 2.24) is 4.98 Å². The molecule has 0 radical (unpaired) electrons. The van der Waals surface area contributed by atoms with E-state index in [9.17, 15) is 5.11 Å². The minimum absolute atomic E-state index is 0.325. The molecule has 4 heteroatoms. The molecule has 1 heterocycles. The molecule has 0 aliphatic carbocycles. The number of thiazole rings is 1. The Bertz CT molecular complexity index is 494.